The molecule has 3 saturated heterocycles. The van der Waals surface area contributed by atoms with Crippen molar-refractivity contribution in [3.05, 3.63) is 42.2 Å². The van der Waals surface area contributed by atoms with E-state index in [0.717, 1.165) is 45.0 Å². The Morgan fingerprint density at radius 1 is 1.19 bits per heavy atom. The number of carbonyl (C=O) groups is 1. The average molecular weight is 488 g/mol. The summed E-state index contributed by atoms with van der Waals surface area (Å²) in [5.41, 5.74) is 3.78. The second-order valence-corrected chi connectivity index (χ2v) is 9.75. The summed E-state index contributed by atoms with van der Waals surface area (Å²) in [6, 6.07) is 11.2. The third-order valence-corrected chi connectivity index (χ3v) is 7.53. The summed E-state index contributed by atoms with van der Waals surface area (Å²) < 4.78 is 13.2. The lowest BCUT2D eigenvalue weighted by atomic mass is 10.0. The highest BCUT2D eigenvalue weighted by Crippen LogP contribution is 2.30. The van der Waals surface area contributed by atoms with Gasteiger partial charge in [-0.25, -0.2) is 9.50 Å². The van der Waals surface area contributed by atoms with Crippen molar-refractivity contribution in [2.45, 2.75) is 25.5 Å². The minimum Gasteiger partial charge on any atom is -0.473 e. The maximum absolute atomic E-state index is 11.7. The Bertz CT molecular complexity index is 1300. The molecule has 0 bridgehead atoms. The van der Waals surface area contributed by atoms with E-state index in [0.29, 0.717) is 41.7 Å². The molecule has 1 amide bonds. The number of nitriles is 1. The zero-order valence-corrected chi connectivity index (χ0v) is 20.3. The third kappa shape index (κ3) is 4.25. The second kappa shape index (κ2) is 9.41. The van der Waals surface area contributed by atoms with Crippen LogP contribution in [0.1, 0.15) is 18.9 Å². The third-order valence-electron chi connectivity index (χ3n) is 7.53. The van der Waals surface area contributed by atoms with Crippen LogP contribution in [-0.2, 0) is 9.53 Å². The average Bonchev–Trinajstić information content (AvgIpc) is 3.50. The van der Waals surface area contributed by atoms with Crippen molar-refractivity contribution in [2.24, 2.45) is 5.92 Å². The van der Waals surface area contributed by atoms with Gasteiger partial charge in [0.1, 0.15) is 23.3 Å². The van der Waals surface area contributed by atoms with Gasteiger partial charge in [0.15, 0.2) is 0 Å². The largest absolute Gasteiger partial charge is 0.473 e. The summed E-state index contributed by atoms with van der Waals surface area (Å²) in [4.78, 5) is 21.4. The quantitative estimate of drug-likeness (QED) is 0.560. The van der Waals surface area contributed by atoms with E-state index in [-0.39, 0.29) is 17.9 Å². The number of rotatable bonds is 6. The van der Waals surface area contributed by atoms with Crippen LogP contribution in [0, 0.1) is 17.2 Å². The van der Waals surface area contributed by atoms with Crippen LogP contribution < -0.4 is 15.0 Å². The molecule has 0 unspecified atom stereocenters. The standard InChI is InChI=1S/C26H29N7O3/c1-17(19-10-24(34)28-12-19)36-26-25-20(11-27)13-29-33(25)14-23(30-26)18-2-4-21(5-3-18)31-6-8-32(9-7-31)22-15-35-16-22/h2-5,13-14,17,19,22H,6-10,12,15-16H2,1H3,(H,28,34)/t17-,19-/m1/s1. The number of fused-ring (bicyclic) bond motifs is 1. The lowest BCUT2D eigenvalue weighted by Crippen LogP contribution is -2.56. The normalized spacial score (nSPS) is 21.7. The van der Waals surface area contributed by atoms with Crippen LogP contribution >= 0.6 is 0 Å². The monoisotopic (exact) mass is 487 g/mol. The molecular weight excluding hydrogens is 458 g/mol. The van der Waals surface area contributed by atoms with Crippen LogP contribution in [0.2, 0.25) is 0 Å². The number of ether oxygens (including phenoxy) is 2. The van der Waals surface area contributed by atoms with E-state index in [1.54, 1.807) is 4.52 Å². The van der Waals surface area contributed by atoms with Crippen molar-refractivity contribution in [1.29, 1.82) is 5.26 Å². The maximum atomic E-state index is 11.7. The molecule has 0 aliphatic carbocycles. The summed E-state index contributed by atoms with van der Waals surface area (Å²) in [6.07, 6.45) is 3.52. The number of hydrogen-bond acceptors (Lipinski definition) is 8. The van der Waals surface area contributed by atoms with E-state index in [9.17, 15) is 10.1 Å². The Balaban J connectivity index is 1.23. The van der Waals surface area contributed by atoms with Gasteiger partial charge in [-0.1, -0.05) is 12.1 Å². The van der Waals surface area contributed by atoms with E-state index < -0.39 is 0 Å². The molecule has 186 valence electrons. The fourth-order valence-corrected chi connectivity index (χ4v) is 5.14. The number of amides is 1. The van der Waals surface area contributed by atoms with Crippen molar-refractivity contribution in [2.75, 3.05) is 50.8 Å². The minimum absolute atomic E-state index is 0.0305. The highest BCUT2D eigenvalue weighted by Gasteiger charge is 2.30. The van der Waals surface area contributed by atoms with Crippen LogP contribution in [0.5, 0.6) is 5.88 Å². The van der Waals surface area contributed by atoms with Gasteiger partial charge in [0, 0.05) is 56.3 Å². The molecule has 2 atom stereocenters. The number of nitrogens with one attached hydrogen (secondary N) is 1. The van der Waals surface area contributed by atoms with Gasteiger partial charge in [-0.2, -0.15) is 10.4 Å². The molecule has 3 aromatic rings. The van der Waals surface area contributed by atoms with Crippen molar-refractivity contribution < 1.29 is 14.3 Å². The molecule has 10 heteroatoms. The van der Waals surface area contributed by atoms with Gasteiger partial charge < -0.3 is 19.7 Å². The van der Waals surface area contributed by atoms with Gasteiger partial charge >= 0.3 is 0 Å². The Morgan fingerprint density at radius 2 is 1.97 bits per heavy atom. The van der Waals surface area contributed by atoms with Crippen LogP contribution in [-0.4, -0.2) is 83.5 Å². The molecule has 1 N–H and O–H groups in total. The molecule has 0 saturated carbocycles. The zero-order chi connectivity index (χ0) is 24.6. The Hall–Kier alpha value is -3.68. The van der Waals surface area contributed by atoms with E-state index >= 15 is 0 Å². The predicted octanol–water partition coefficient (Wildman–Crippen LogP) is 1.69. The molecule has 36 heavy (non-hydrogen) atoms. The number of hydrogen-bond donors (Lipinski definition) is 1. The first-order chi connectivity index (χ1) is 17.6. The lowest BCUT2D eigenvalue weighted by Gasteiger charge is -2.43. The van der Waals surface area contributed by atoms with Crippen LogP contribution in [0.15, 0.2) is 36.7 Å². The van der Waals surface area contributed by atoms with E-state index in [1.807, 2.05) is 13.1 Å². The SMILES string of the molecule is C[C@@H](Oc1nc(-c2ccc(N3CCN(C4COC4)CC3)cc2)cn2ncc(C#N)c12)[C@H]1CNC(=O)C1. The molecular formula is C26H29N7O3. The van der Waals surface area contributed by atoms with Crippen molar-refractivity contribution >= 4 is 17.1 Å². The first kappa shape index (κ1) is 22.8. The smallest absolute Gasteiger partial charge is 0.242 e. The van der Waals surface area contributed by atoms with Gasteiger partial charge in [0.2, 0.25) is 11.8 Å². The molecule has 2 aromatic heterocycles. The molecule has 3 aliphatic rings. The van der Waals surface area contributed by atoms with Crippen molar-refractivity contribution in [1.82, 2.24) is 24.8 Å². The summed E-state index contributed by atoms with van der Waals surface area (Å²) >= 11 is 0. The highest BCUT2D eigenvalue weighted by molar-refractivity contribution is 5.78. The Morgan fingerprint density at radius 3 is 2.61 bits per heavy atom. The van der Waals surface area contributed by atoms with E-state index in [1.165, 1.54) is 11.9 Å². The summed E-state index contributed by atoms with van der Waals surface area (Å²) in [6.45, 7) is 8.33. The van der Waals surface area contributed by atoms with Gasteiger partial charge in [-0.15, -0.1) is 0 Å². The topological polar surface area (TPSA) is 108 Å². The predicted molar refractivity (Wildman–Crippen MR) is 133 cm³/mol. The number of carbonyl (C=O) groups excluding carboxylic acids is 1. The number of anilines is 1. The fourth-order valence-electron chi connectivity index (χ4n) is 5.14. The molecule has 0 radical (unpaired) electrons. The summed E-state index contributed by atoms with van der Waals surface area (Å²) in [5.74, 6) is 0.435. The lowest BCUT2D eigenvalue weighted by molar-refractivity contribution is -0.119. The van der Waals surface area contributed by atoms with Crippen molar-refractivity contribution in [3.63, 3.8) is 0 Å². The first-order valence-corrected chi connectivity index (χ1v) is 12.5. The van der Waals surface area contributed by atoms with E-state index in [4.69, 9.17) is 14.5 Å². The number of piperazine rings is 1. The van der Waals surface area contributed by atoms with E-state index in [2.05, 4.69) is 50.5 Å². The molecule has 6 rings (SSSR count). The molecule has 0 spiro atoms. The molecule has 3 aliphatic heterocycles. The fraction of sp³-hybridized carbons (Fsp3) is 0.462. The molecule has 1 aromatic carbocycles. The number of benzene rings is 1. The number of aromatic nitrogens is 3. The van der Waals surface area contributed by atoms with Gasteiger partial charge in [0.05, 0.1) is 37.3 Å². The molecule has 3 fully saturated rings. The summed E-state index contributed by atoms with van der Waals surface area (Å²) in [7, 11) is 0. The Labute approximate surface area is 209 Å². The maximum Gasteiger partial charge on any atom is 0.242 e. The molecule has 10 nitrogen and oxygen atoms in total. The van der Waals surface area contributed by atoms with Gasteiger partial charge in [-0.3, -0.25) is 9.69 Å². The van der Waals surface area contributed by atoms with Crippen molar-refractivity contribution in [3.8, 4) is 23.2 Å². The summed E-state index contributed by atoms with van der Waals surface area (Å²) in [5, 5.41) is 16.8. The minimum atomic E-state index is -0.246. The van der Waals surface area contributed by atoms with Crippen LogP contribution in [0.4, 0.5) is 5.69 Å². The first-order valence-electron chi connectivity index (χ1n) is 12.5. The van der Waals surface area contributed by atoms with Crippen LogP contribution in [0.25, 0.3) is 16.8 Å². The Kier molecular flexibility index (Phi) is 5.95. The van der Waals surface area contributed by atoms with Gasteiger partial charge in [0.25, 0.3) is 0 Å². The molecule has 5 heterocycles. The second-order valence-electron chi connectivity index (χ2n) is 9.75. The van der Waals surface area contributed by atoms with Crippen LogP contribution in [0.3, 0.4) is 0 Å². The zero-order valence-electron chi connectivity index (χ0n) is 20.3. The van der Waals surface area contributed by atoms with Gasteiger partial charge in [-0.05, 0) is 19.1 Å². The highest BCUT2D eigenvalue weighted by atomic mass is 16.5. The number of nitrogens with zero attached hydrogens (tertiary/aromatic N) is 6.